The van der Waals surface area contributed by atoms with Crippen molar-refractivity contribution >= 4 is 24.7 Å². The van der Waals surface area contributed by atoms with Crippen molar-refractivity contribution < 1.29 is 18.7 Å². The Morgan fingerprint density at radius 1 is 1.48 bits per heavy atom. The molecule has 10 nitrogen and oxygen atoms in total. The predicted octanol–water partition coefficient (Wildman–Crippen LogP) is 0.162. The smallest absolute Gasteiger partial charge is 0.382 e. The first-order valence-electron chi connectivity index (χ1n) is 6.28. The Kier molecular flexibility index (Phi) is 3.64. The third kappa shape index (κ3) is 3.04. The number of nitrogen functional groups attached to an aromatic ring is 1. The lowest BCUT2D eigenvalue weighted by Gasteiger charge is -2.15. The number of hydrogen-bond acceptors (Lipinski definition) is 7. The fourth-order valence-corrected chi connectivity index (χ4v) is 2.66. The maximum Gasteiger partial charge on any atom is 0.400 e. The van der Waals surface area contributed by atoms with E-state index in [0.717, 1.165) is 0 Å². The number of rotatable bonds is 4. The van der Waals surface area contributed by atoms with Crippen molar-refractivity contribution in [2.45, 2.75) is 25.2 Å². The zero-order valence-corrected chi connectivity index (χ0v) is 11.9. The Morgan fingerprint density at radius 2 is 2.29 bits per heavy atom. The van der Waals surface area contributed by atoms with Crippen molar-refractivity contribution in [2.24, 2.45) is 5.50 Å². The summed E-state index contributed by atoms with van der Waals surface area (Å²) in [4.78, 5) is 21.1. The Balaban J connectivity index is 1.73. The molecule has 5 N–H and O–H groups in total. The van der Waals surface area contributed by atoms with Gasteiger partial charge in [-0.25, -0.2) is 25.0 Å². The van der Waals surface area contributed by atoms with Crippen LogP contribution in [0.4, 0.5) is 5.82 Å². The molecule has 2 aromatic heterocycles. The van der Waals surface area contributed by atoms with Crippen molar-refractivity contribution in [1.82, 2.24) is 19.5 Å². The maximum atomic E-state index is 10.9. The van der Waals surface area contributed by atoms with E-state index in [2.05, 4.69) is 19.5 Å². The molecule has 114 valence electrons. The number of nitrogens with zero attached hydrogens (tertiary/aromatic N) is 4. The topological polar surface area (TPSA) is 151 Å². The van der Waals surface area contributed by atoms with Gasteiger partial charge >= 0.3 is 7.75 Å². The van der Waals surface area contributed by atoms with Gasteiger partial charge in [-0.1, -0.05) is 0 Å². The number of fused-ring (bicyclic) bond motifs is 1. The summed E-state index contributed by atoms with van der Waals surface area (Å²) in [6.45, 7) is -0.0372. The van der Waals surface area contributed by atoms with Crippen LogP contribution in [0.15, 0.2) is 12.7 Å². The van der Waals surface area contributed by atoms with Gasteiger partial charge in [-0.2, -0.15) is 0 Å². The SMILES string of the molecule is Nc1ncnc2c1ncn2C1CCC(COP(N)(=O)O)O1. The standard InChI is InChI=1S/C10H15N6O4P/c11-9-8-10(14-4-13-9)16(5-15-8)7-2-1-6(20-7)3-19-21(12,17)18/h4-7H,1-3H2,(H2,11,13,14)(H3,12,17,18). The van der Waals surface area contributed by atoms with Gasteiger partial charge in [0.15, 0.2) is 11.5 Å². The number of aromatic nitrogens is 4. The first kappa shape index (κ1) is 14.4. The van der Waals surface area contributed by atoms with Gasteiger partial charge in [0.25, 0.3) is 0 Å². The van der Waals surface area contributed by atoms with Crippen LogP contribution < -0.4 is 11.2 Å². The van der Waals surface area contributed by atoms with Crippen molar-refractivity contribution in [2.75, 3.05) is 12.3 Å². The van der Waals surface area contributed by atoms with Crippen LogP contribution in [0.3, 0.4) is 0 Å². The lowest BCUT2D eigenvalue weighted by atomic mass is 10.2. The van der Waals surface area contributed by atoms with Gasteiger partial charge in [-0.15, -0.1) is 0 Å². The highest BCUT2D eigenvalue weighted by molar-refractivity contribution is 7.50. The zero-order valence-electron chi connectivity index (χ0n) is 11.0. The summed E-state index contributed by atoms with van der Waals surface area (Å²) in [7, 11) is -3.98. The molecule has 3 rings (SSSR count). The molecule has 3 atom stereocenters. The lowest BCUT2D eigenvalue weighted by Crippen LogP contribution is -2.17. The highest BCUT2D eigenvalue weighted by Crippen LogP contribution is 2.35. The Hall–Kier alpha value is -1.58. The fraction of sp³-hybridized carbons (Fsp3) is 0.500. The molecule has 1 aliphatic heterocycles. The monoisotopic (exact) mass is 314 g/mol. The average molecular weight is 314 g/mol. The molecule has 1 saturated heterocycles. The minimum atomic E-state index is -3.98. The normalized spacial score (nSPS) is 25.2. The summed E-state index contributed by atoms with van der Waals surface area (Å²) < 4.78 is 23.1. The Labute approximate surface area is 119 Å². The van der Waals surface area contributed by atoms with Crippen LogP contribution in [0.5, 0.6) is 0 Å². The third-order valence-electron chi connectivity index (χ3n) is 3.23. The molecule has 21 heavy (non-hydrogen) atoms. The van der Waals surface area contributed by atoms with Gasteiger partial charge in [-0.3, -0.25) is 9.09 Å². The van der Waals surface area contributed by atoms with Crippen LogP contribution in [-0.4, -0.2) is 37.1 Å². The van der Waals surface area contributed by atoms with Gasteiger partial charge in [0, 0.05) is 0 Å². The molecule has 0 amide bonds. The third-order valence-corrected chi connectivity index (χ3v) is 3.75. The second-order valence-electron chi connectivity index (χ2n) is 4.73. The molecule has 0 aromatic carbocycles. The van der Waals surface area contributed by atoms with E-state index < -0.39 is 7.75 Å². The molecular formula is C10H15N6O4P. The molecule has 1 aliphatic rings. The molecule has 0 radical (unpaired) electrons. The summed E-state index contributed by atoms with van der Waals surface area (Å²) in [6.07, 6.45) is 3.73. The zero-order chi connectivity index (χ0) is 15.0. The molecule has 1 fully saturated rings. The minimum absolute atomic E-state index is 0.0372. The van der Waals surface area contributed by atoms with E-state index in [1.165, 1.54) is 6.33 Å². The molecule has 0 bridgehead atoms. The van der Waals surface area contributed by atoms with Gasteiger partial charge in [-0.05, 0) is 12.8 Å². The molecule has 0 spiro atoms. The highest BCUT2D eigenvalue weighted by atomic mass is 31.2. The summed E-state index contributed by atoms with van der Waals surface area (Å²) >= 11 is 0. The molecule has 3 heterocycles. The first-order chi connectivity index (χ1) is 9.94. The fourth-order valence-electron chi connectivity index (χ4n) is 2.28. The summed E-state index contributed by atoms with van der Waals surface area (Å²) in [6, 6.07) is 0. The van der Waals surface area contributed by atoms with E-state index in [9.17, 15) is 4.57 Å². The number of nitrogens with two attached hydrogens (primary N) is 2. The maximum absolute atomic E-state index is 10.9. The molecule has 3 unspecified atom stereocenters. The quantitative estimate of drug-likeness (QED) is 0.670. The van der Waals surface area contributed by atoms with Crippen LogP contribution in [-0.2, 0) is 13.8 Å². The second kappa shape index (κ2) is 5.32. The molecule has 2 aromatic rings. The predicted molar refractivity (Wildman–Crippen MR) is 72.8 cm³/mol. The van der Waals surface area contributed by atoms with Crippen LogP contribution in [0.2, 0.25) is 0 Å². The van der Waals surface area contributed by atoms with Gasteiger partial charge in [0.1, 0.15) is 18.1 Å². The summed E-state index contributed by atoms with van der Waals surface area (Å²) in [5.41, 5.74) is 11.8. The number of hydrogen-bond donors (Lipinski definition) is 3. The minimum Gasteiger partial charge on any atom is -0.382 e. The van der Waals surface area contributed by atoms with Crippen molar-refractivity contribution in [1.29, 1.82) is 0 Å². The van der Waals surface area contributed by atoms with Crippen LogP contribution in [0, 0.1) is 0 Å². The Morgan fingerprint density at radius 3 is 3.05 bits per heavy atom. The van der Waals surface area contributed by atoms with E-state index in [1.807, 2.05) is 0 Å². The van der Waals surface area contributed by atoms with E-state index in [4.69, 9.17) is 20.9 Å². The lowest BCUT2D eigenvalue weighted by molar-refractivity contribution is -0.0175. The number of imidazole rings is 1. The highest BCUT2D eigenvalue weighted by Gasteiger charge is 2.29. The van der Waals surface area contributed by atoms with E-state index in [-0.39, 0.29) is 18.9 Å². The molecular weight excluding hydrogens is 299 g/mol. The summed E-state index contributed by atoms with van der Waals surface area (Å²) in [5.74, 6) is 0.306. The van der Waals surface area contributed by atoms with E-state index in [1.54, 1.807) is 10.9 Å². The van der Waals surface area contributed by atoms with Gasteiger partial charge in [0.05, 0.1) is 19.0 Å². The van der Waals surface area contributed by atoms with Crippen molar-refractivity contribution in [3.63, 3.8) is 0 Å². The van der Waals surface area contributed by atoms with Gasteiger partial charge in [0.2, 0.25) is 0 Å². The first-order valence-corrected chi connectivity index (χ1v) is 7.93. The van der Waals surface area contributed by atoms with Crippen molar-refractivity contribution in [3.05, 3.63) is 12.7 Å². The van der Waals surface area contributed by atoms with E-state index >= 15 is 0 Å². The second-order valence-corrected chi connectivity index (χ2v) is 6.12. The van der Waals surface area contributed by atoms with Crippen LogP contribution in [0.25, 0.3) is 11.2 Å². The van der Waals surface area contributed by atoms with Crippen molar-refractivity contribution in [3.8, 4) is 0 Å². The molecule has 11 heteroatoms. The molecule has 0 aliphatic carbocycles. The van der Waals surface area contributed by atoms with E-state index in [0.29, 0.717) is 29.8 Å². The van der Waals surface area contributed by atoms with Crippen LogP contribution >= 0.6 is 7.75 Å². The average Bonchev–Trinajstić information content (AvgIpc) is 3.02. The number of ether oxygens (including phenoxy) is 1. The Bertz CT molecular complexity index is 700. The largest absolute Gasteiger partial charge is 0.400 e. The number of anilines is 1. The van der Waals surface area contributed by atoms with Gasteiger partial charge < -0.3 is 15.4 Å². The summed E-state index contributed by atoms with van der Waals surface area (Å²) in [5, 5.41) is 0. The van der Waals surface area contributed by atoms with Crippen LogP contribution in [0.1, 0.15) is 19.1 Å². The molecule has 0 saturated carbocycles.